The van der Waals surface area contributed by atoms with Crippen LogP contribution in [0.5, 0.6) is 0 Å². The quantitative estimate of drug-likeness (QED) is 0.663. The number of nitrogens with one attached hydrogen (secondary N) is 2. The highest BCUT2D eigenvalue weighted by molar-refractivity contribution is 5.85. The van der Waals surface area contributed by atoms with E-state index < -0.39 is 0 Å². The summed E-state index contributed by atoms with van der Waals surface area (Å²) in [6, 6.07) is 2.03. The molecule has 2 aliphatic heterocycles. The van der Waals surface area contributed by atoms with E-state index in [0.717, 1.165) is 25.1 Å². The van der Waals surface area contributed by atoms with Gasteiger partial charge in [-0.1, -0.05) is 6.92 Å². The minimum Gasteiger partial charge on any atom is -0.369 e. The van der Waals surface area contributed by atoms with Gasteiger partial charge in [0, 0.05) is 6.42 Å². The van der Waals surface area contributed by atoms with Gasteiger partial charge in [0.05, 0.1) is 35.8 Å². The first-order valence-corrected chi connectivity index (χ1v) is 5.90. The Labute approximate surface area is 90.3 Å². The summed E-state index contributed by atoms with van der Waals surface area (Å²) >= 11 is 0. The molecule has 0 radical (unpaired) electrons. The zero-order valence-corrected chi connectivity index (χ0v) is 9.33. The van der Waals surface area contributed by atoms with Crippen molar-refractivity contribution in [1.29, 1.82) is 0 Å². The fourth-order valence-corrected chi connectivity index (χ4v) is 2.96. The highest BCUT2D eigenvalue weighted by Crippen LogP contribution is 2.30. The minimum absolute atomic E-state index is 0.477. The molecule has 0 aromatic heterocycles. The van der Waals surface area contributed by atoms with Gasteiger partial charge in [-0.15, -0.1) is 0 Å². The van der Waals surface area contributed by atoms with Crippen LogP contribution in [0.4, 0.5) is 0 Å². The van der Waals surface area contributed by atoms with Crippen molar-refractivity contribution in [2.45, 2.75) is 57.3 Å². The van der Waals surface area contributed by atoms with Crippen LogP contribution in [0.2, 0.25) is 0 Å². The van der Waals surface area contributed by atoms with Crippen LogP contribution in [0.1, 0.15) is 33.1 Å². The average Bonchev–Trinajstić information content (AvgIpc) is 2.74. The highest BCUT2D eigenvalue weighted by Gasteiger charge is 2.42. The molecule has 3 aliphatic rings. The van der Waals surface area contributed by atoms with Gasteiger partial charge in [0.2, 0.25) is 0 Å². The first-order chi connectivity index (χ1) is 7.26. The lowest BCUT2D eigenvalue weighted by atomic mass is 9.85. The van der Waals surface area contributed by atoms with Gasteiger partial charge in [-0.3, -0.25) is 9.98 Å². The molecule has 0 aromatic carbocycles. The maximum absolute atomic E-state index is 4.73. The number of fused-ring (bicyclic) bond motifs is 2. The third kappa shape index (κ3) is 1.43. The molecule has 0 aromatic rings. The molecule has 1 fully saturated rings. The third-order valence-corrected chi connectivity index (χ3v) is 3.68. The normalized spacial score (nSPS) is 42.3. The molecule has 0 spiro atoms. The van der Waals surface area contributed by atoms with Crippen LogP contribution in [0.15, 0.2) is 9.98 Å². The zero-order chi connectivity index (χ0) is 10.4. The smallest absolute Gasteiger partial charge is 0.0967 e. The van der Waals surface area contributed by atoms with Crippen molar-refractivity contribution in [2.75, 3.05) is 0 Å². The fourth-order valence-electron chi connectivity index (χ4n) is 2.96. The Morgan fingerprint density at radius 1 is 1.13 bits per heavy atom. The van der Waals surface area contributed by atoms with Gasteiger partial charge in [-0.2, -0.15) is 0 Å². The Morgan fingerprint density at radius 3 is 2.53 bits per heavy atom. The van der Waals surface area contributed by atoms with Gasteiger partial charge in [0.15, 0.2) is 0 Å². The van der Waals surface area contributed by atoms with Crippen LogP contribution in [-0.4, -0.2) is 35.8 Å². The molecule has 4 atom stereocenters. The SMILES string of the molecule is CCC1=NC2CC3NC(C)=NC3CC2N1. The van der Waals surface area contributed by atoms with Crippen molar-refractivity contribution in [3.05, 3.63) is 0 Å². The second-order valence-corrected chi connectivity index (χ2v) is 4.75. The summed E-state index contributed by atoms with van der Waals surface area (Å²) in [6.45, 7) is 4.22. The minimum atomic E-state index is 0.477. The van der Waals surface area contributed by atoms with Gasteiger partial charge in [0.1, 0.15) is 0 Å². The van der Waals surface area contributed by atoms with Gasteiger partial charge in [-0.25, -0.2) is 0 Å². The zero-order valence-electron chi connectivity index (χ0n) is 9.33. The summed E-state index contributed by atoms with van der Waals surface area (Å²) in [5.74, 6) is 2.29. The first-order valence-electron chi connectivity index (χ1n) is 5.90. The van der Waals surface area contributed by atoms with E-state index >= 15 is 0 Å². The van der Waals surface area contributed by atoms with Gasteiger partial charge in [-0.05, 0) is 19.8 Å². The van der Waals surface area contributed by atoms with Crippen molar-refractivity contribution in [3.63, 3.8) is 0 Å². The molecule has 0 amide bonds. The van der Waals surface area contributed by atoms with Crippen LogP contribution in [-0.2, 0) is 0 Å². The standard InChI is InChI=1S/C11H18N4/c1-3-11-14-9-4-7-8(5-10(9)15-11)13-6(2)12-7/h7-10H,3-5H2,1-2H3,(H,12,13)(H,14,15). The lowest BCUT2D eigenvalue weighted by Gasteiger charge is -2.32. The van der Waals surface area contributed by atoms with E-state index in [0.29, 0.717) is 24.2 Å². The van der Waals surface area contributed by atoms with Crippen molar-refractivity contribution >= 4 is 11.7 Å². The van der Waals surface area contributed by atoms with Gasteiger partial charge < -0.3 is 10.6 Å². The molecule has 4 heteroatoms. The largest absolute Gasteiger partial charge is 0.369 e. The molecule has 3 rings (SSSR count). The summed E-state index contributed by atoms with van der Waals surface area (Å²) in [5, 5.41) is 6.98. The van der Waals surface area contributed by atoms with Crippen molar-refractivity contribution in [1.82, 2.24) is 10.6 Å². The summed E-state index contributed by atoms with van der Waals surface area (Å²) in [6.07, 6.45) is 3.29. The van der Waals surface area contributed by atoms with E-state index in [1.807, 2.05) is 0 Å². The second-order valence-electron chi connectivity index (χ2n) is 4.75. The summed E-state index contributed by atoms with van der Waals surface area (Å²) in [4.78, 5) is 9.36. The number of rotatable bonds is 1. The number of hydrogen-bond donors (Lipinski definition) is 2. The van der Waals surface area contributed by atoms with E-state index in [4.69, 9.17) is 4.99 Å². The van der Waals surface area contributed by atoms with Crippen molar-refractivity contribution in [2.24, 2.45) is 9.98 Å². The van der Waals surface area contributed by atoms with Crippen LogP contribution in [0.3, 0.4) is 0 Å². The third-order valence-electron chi connectivity index (χ3n) is 3.68. The molecule has 0 bridgehead atoms. The molecule has 2 N–H and O–H groups in total. The molecule has 82 valence electrons. The fraction of sp³-hybridized carbons (Fsp3) is 0.818. The summed E-state index contributed by atoms with van der Waals surface area (Å²) in [5.41, 5.74) is 0. The van der Waals surface area contributed by atoms with E-state index in [1.54, 1.807) is 0 Å². The Kier molecular flexibility index (Phi) is 1.97. The van der Waals surface area contributed by atoms with E-state index in [-0.39, 0.29) is 0 Å². The Hall–Kier alpha value is -1.06. The molecule has 1 aliphatic carbocycles. The molecule has 0 saturated heterocycles. The molecule has 1 saturated carbocycles. The number of amidine groups is 2. The van der Waals surface area contributed by atoms with E-state index in [9.17, 15) is 0 Å². The number of aliphatic imine (C=N–C) groups is 2. The molecular weight excluding hydrogens is 188 g/mol. The summed E-state index contributed by atoms with van der Waals surface area (Å²) in [7, 11) is 0. The monoisotopic (exact) mass is 206 g/mol. The van der Waals surface area contributed by atoms with Crippen molar-refractivity contribution in [3.8, 4) is 0 Å². The van der Waals surface area contributed by atoms with Gasteiger partial charge >= 0.3 is 0 Å². The van der Waals surface area contributed by atoms with Crippen LogP contribution in [0, 0.1) is 0 Å². The molecule has 4 nitrogen and oxygen atoms in total. The topological polar surface area (TPSA) is 48.8 Å². The number of hydrogen-bond acceptors (Lipinski definition) is 4. The lowest BCUT2D eigenvalue weighted by molar-refractivity contribution is 0.310. The lowest BCUT2D eigenvalue weighted by Crippen LogP contribution is -2.49. The highest BCUT2D eigenvalue weighted by atomic mass is 15.2. The van der Waals surface area contributed by atoms with E-state index in [2.05, 4.69) is 29.5 Å². The Morgan fingerprint density at radius 2 is 1.80 bits per heavy atom. The average molecular weight is 206 g/mol. The first kappa shape index (κ1) is 9.19. The maximum Gasteiger partial charge on any atom is 0.0967 e. The Bertz CT molecular complexity index is 333. The maximum atomic E-state index is 4.73. The van der Waals surface area contributed by atoms with Crippen molar-refractivity contribution < 1.29 is 0 Å². The molecule has 4 unspecified atom stereocenters. The predicted octanol–water partition coefficient (Wildman–Crippen LogP) is 0.688. The van der Waals surface area contributed by atoms with Crippen LogP contribution >= 0.6 is 0 Å². The van der Waals surface area contributed by atoms with Crippen LogP contribution in [0.25, 0.3) is 0 Å². The second kappa shape index (κ2) is 3.22. The van der Waals surface area contributed by atoms with Gasteiger partial charge in [0.25, 0.3) is 0 Å². The Balaban J connectivity index is 1.75. The van der Waals surface area contributed by atoms with E-state index in [1.165, 1.54) is 5.84 Å². The van der Waals surface area contributed by atoms with Crippen LogP contribution < -0.4 is 10.6 Å². The molecule has 2 heterocycles. The number of nitrogens with zero attached hydrogens (tertiary/aromatic N) is 2. The predicted molar refractivity (Wildman–Crippen MR) is 61.5 cm³/mol. The molecular formula is C11H18N4. The summed E-state index contributed by atoms with van der Waals surface area (Å²) < 4.78 is 0. The molecule has 15 heavy (non-hydrogen) atoms.